The Kier molecular flexibility index (Phi) is 30.5. The first-order valence-electron chi connectivity index (χ1n) is 43.6. The molecule has 6 aromatic heterocycles. The second-order valence-electron chi connectivity index (χ2n) is 34.4. The Morgan fingerprint density at radius 2 is 0.632 bits per heavy atom. The number of rotatable bonds is 30. The molecule has 16 aromatic rings. The number of hydrogen-bond acceptors (Lipinski definition) is 18. The van der Waals surface area contributed by atoms with Gasteiger partial charge in [-0.05, 0) is 211 Å². The maximum absolute atomic E-state index is 13.5. The number of hydrogen-bond donors (Lipinski definition) is 9. The highest BCUT2D eigenvalue weighted by molar-refractivity contribution is 7.93. The van der Waals surface area contributed by atoms with Gasteiger partial charge in [-0.3, -0.25) is 45.1 Å². The van der Waals surface area contributed by atoms with E-state index in [0.29, 0.717) is 100.0 Å². The van der Waals surface area contributed by atoms with E-state index >= 15 is 0 Å². The van der Waals surface area contributed by atoms with E-state index in [0.717, 1.165) is 69.6 Å². The van der Waals surface area contributed by atoms with Crippen molar-refractivity contribution in [3.63, 3.8) is 0 Å². The Bertz CT molecular complexity index is 6830. The van der Waals surface area contributed by atoms with Gasteiger partial charge in [-0.15, -0.1) is 0 Å². The van der Waals surface area contributed by atoms with Crippen LogP contribution < -0.4 is 60.3 Å². The summed E-state index contributed by atoms with van der Waals surface area (Å²) in [5.74, 6) is 3.40. The van der Waals surface area contributed by atoms with Crippen molar-refractivity contribution in [1.29, 1.82) is 0 Å². The molecule has 33 heteroatoms. The van der Waals surface area contributed by atoms with Gasteiger partial charge >= 0.3 is 18.1 Å². The Morgan fingerprint density at radius 1 is 0.301 bits per heavy atom. The molecule has 0 bridgehead atoms. The van der Waals surface area contributed by atoms with Gasteiger partial charge in [0.1, 0.15) is 34.7 Å². The molecule has 696 valence electrons. The number of benzene rings is 10. The van der Waals surface area contributed by atoms with Crippen molar-refractivity contribution in [2.45, 2.75) is 113 Å². The lowest BCUT2D eigenvalue weighted by molar-refractivity contribution is 0.261. The second-order valence-corrected chi connectivity index (χ2v) is 39.5. The third-order valence-electron chi connectivity index (χ3n) is 20.9. The quantitative estimate of drug-likeness (QED) is 0.0202. The zero-order valence-electron chi connectivity index (χ0n) is 76.2. The van der Waals surface area contributed by atoms with Crippen LogP contribution in [-0.4, -0.2) is 107 Å². The number of nitrogens with zero attached hydrogens (tertiary/aromatic N) is 9. The second kappa shape index (κ2) is 43.1. The van der Waals surface area contributed by atoms with E-state index in [1.807, 2.05) is 172 Å². The Hall–Kier alpha value is -16.0. The van der Waals surface area contributed by atoms with Crippen LogP contribution in [0.15, 0.2) is 355 Å². The molecule has 0 atom stereocenters. The summed E-state index contributed by atoms with van der Waals surface area (Å²) in [6.07, 6.45) is 12.9. The standard InChI is InChI=1S/C37H36N6O4S.2C33H34N6O4S/c1-37(2,3)34-24-35(43(41-34)28-15-17-29(18-16-28)48(45,46)42-27-11-5-4-6-12-27)40-36(44)39-32-19-20-33(31-14-8-7-13-30(31)32)47-23-21-26-10-9-22-38-25-26;1-33(2,3)30-22-31(36-32(40)35-25-11-15-28(16-12-25)43-21-19-24-8-7-20-34-23-24)39(37-30)27-13-17-29(18-14-27)44(41,42)38-26-9-5-4-6-10-26;1-33(2,3)30-23-31(36-32(40)35-25-9-13-28(14-10-25)43-22-19-24-17-20-34-21-18-24)39(37-30)27-11-15-29(16-12-27)44(41,42)38-26-7-5-4-6-8-26/h4-20,22,24-25,42H,21,23H2,1-3H3,(H2,39,40,44);4-18,20,22-23,38H,19,21H2,1-3H3,(H2,35,36,40);4-18,20-21,23,38H,19,22H2,1-3H3,(H2,35,36,40). The third-order valence-corrected chi connectivity index (χ3v) is 25.1. The molecule has 10 aromatic carbocycles. The Labute approximate surface area is 790 Å². The molecule has 16 rings (SSSR count). The molecular formula is C103H104N18O12S3. The van der Waals surface area contributed by atoms with Gasteiger partial charge in [-0.2, -0.15) is 15.3 Å². The van der Waals surface area contributed by atoms with Crippen LogP contribution >= 0.6 is 0 Å². The fourth-order valence-corrected chi connectivity index (χ4v) is 16.8. The highest BCUT2D eigenvalue weighted by Gasteiger charge is 2.28. The van der Waals surface area contributed by atoms with Crippen molar-refractivity contribution in [3.05, 3.63) is 374 Å². The number of pyridine rings is 3. The van der Waals surface area contributed by atoms with Crippen LogP contribution in [0.25, 0.3) is 27.8 Å². The number of sulfonamides is 3. The normalized spacial score (nSPS) is 11.6. The maximum atomic E-state index is 13.5. The predicted octanol–water partition coefficient (Wildman–Crippen LogP) is 21.0. The number of fused-ring (bicyclic) bond motifs is 1. The van der Waals surface area contributed by atoms with Gasteiger partial charge in [0.15, 0.2) is 0 Å². The molecule has 0 saturated heterocycles. The molecule has 0 aliphatic rings. The van der Waals surface area contributed by atoms with E-state index in [1.54, 1.807) is 209 Å². The lowest BCUT2D eigenvalue weighted by atomic mass is 9.92. The number of para-hydroxylation sites is 3. The van der Waals surface area contributed by atoms with Crippen LogP contribution in [0.4, 0.5) is 66.0 Å². The van der Waals surface area contributed by atoms with Crippen molar-refractivity contribution in [1.82, 2.24) is 44.3 Å². The highest BCUT2D eigenvalue weighted by atomic mass is 32.2. The number of carbonyl (C=O) groups is 3. The van der Waals surface area contributed by atoms with Crippen LogP contribution in [0.3, 0.4) is 0 Å². The number of amides is 6. The molecule has 0 aliphatic heterocycles. The molecule has 6 amide bonds. The molecule has 6 heterocycles. The Balaban J connectivity index is 0.000000163. The molecule has 0 fully saturated rings. The van der Waals surface area contributed by atoms with Crippen LogP contribution in [-0.2, 0) is 65.6 Å². The third kappa shape index (κ3) is 26.5. The predicted molar refractivity (Wildman–Crippen MR) is 534 cm³/mol. The number of carbonyl (C=O) groups excluding carboxylic acids is 3. The van der Waals surface area contributed by atoms with Crippen LogP contribution in [0, 0.1) is 0 Å². The molecule has 0 saturated carbocycles. The first kappa shape index (κ1) is 96.1. The zero-order chi connectivity index (χ0) is 96.0. The SMILES string of the molecule is CC(C)(C)c1cc(NC(=O)Nc2ccc(OCCc3cccnc3)c3ccccc23)n(-c2ccc(S(=O)(=O)Nc3ccccc3)cc2)n1.CC(C)(C)c1cc(NC(=O)Nc2ccc(OCCc3cccnc3)cc2)n(-c2ccc(S(=O)(=O)Nc3ccccc3)cc2)n1.CC(C)(C)c1cc(NC(=O)Nc2ccc(OCCc3ccncc3)cc2)n(-c2ccc(S(=O)(=O)Nc3ccccc3)cc2)n1. The summed E-state index contributed by atoms with van der Waals surface area (Å²) >= 11 is 0. The molecule has 30 nitrogen and oxygen atoms in total. The van der Waals surface area contributed by atoms with Crippen molar-refractivity contribution < 1.29 is 53.8 Å². The monoisotopic (exact) mass is 1880 g/mol. The minimum absolute atomic E-state index is 0.0990. The summed E-state index contributed by atoms with van der Waals surface area (Å²) in [5.41, 5.74) is 9.63. The molecule has 136 heavy (non-hydrogen) atoms. The highest BCUT2D eigenvalue weighted by Crippen LogP contribution is 2.36. The van der Waals surface area contributed by atoms with E-state index in [1.165, 1.54) is 36.4 Å². The molecule has 0 radical (unpaired) electrons. The average Bonchev–Trinajstić information content (AvgIpc) is 1.48. The Morgan fingerprint density at radius 3 is 0.978 bits per heavy atom. The fraction of sp³-hybridized carbons (Fsp3) is 0.175. The first-order valence-corrected chi connectivity index (χ1v) is 48.0. The number of aromatic nitrogens is 9. The largest absolute Gasteiger partial charge is 0.493 e. The van der Waals surface area contributed by atoms with Crippen molar-refractivity contribution in [3.8, 4) is 34.3 Å². The topological polar surface area (TPSA) is 382 Å². The van der Waals surface area contributed by atoms with Crippen LogP contribution in [0.2, 0.25) is 0 Å². The van der Waals surface area contributed by atoms with Gasteiger partial charge in [-0.25, -0.2) is 53.7 Å². The van der Waals surface area contributed by atoms with Gasteiger partial charge in [-0.1, -0.05) is 153 Å². The summed E-state index contributed by atoms with van der Waals surface area (Å²) in [7, 11) is -11.4. The zero-order valence-corrected chi connectivity index (χ0v) is 78.7. The summed E-state index contributed by atoms with van der Waals surface area (Å²) in [4.78, 5) is 52.1. The van der Waals surface area contributed by atoms with E-state index in [9.17, 15) is 39.6 Å². The van der Waals surface area contributed by atoms with Gasteiger partial charge in [0.05, 0.1) is 74.3 Å². The van der Waals surface area contributed by atoms with Gasteiger partial charge in [0.25, 0.3) is 30.1 Å². The lowest BCUT2D eigenvalue weighted by Gasteiger charge is -2.15. The molecular weight excluding hydrogens is 1780 g/mol. The molecule has 0 aliphatic carbocycles. The van der Waals surface area contributed by atoms with E-state index in [2.05, 4.69) is 61.0 Å². The fourth-order valence-electron chi connectivity index (χ4n) is 13.7. The van der Waals surface area contributed by atoms with Gasteiger partial charge in [0.2, 0.25) is 0 Å². The average molecular weight is 1880 g/mol. The minimum Gasteiger partial charge on any atom is -0.493 e. The van der Waals surface area contributed by atoms with Gasteiger partial charge < -0.3 is 30.2 Å². The summed E-state index contributed by atoms with van der Waals surface area (Å²) in [6, 6.07) is 86.4. The van der Waals surface area contributed by atoms with Gasteiger partial charge in [0, 0.05) is 130 Å². The summed E-state index contributed by atoms with van der Waals surface area (Å²) in [6.45, 7) is 19.7. The number of urea groups is 3. The molecule has 0 unspecified atom stereocenters. The minimum atomic E-state index is -3.80. The number of nitrogens with one attached hydrogen (secondary N) is 9. The van der Waals surface area contributed by atoms with E-state index < -0.39 is 48.2 Å². The van der Waals surface area contributed by atoms with E-state index in [4.69, 9.17) is 29.5 Å². The van der Waals surface area contributed by atoms with Crippen molar-refractivity contribution in [2.24, 2.45) is 0 Å². The van der Waals surface area contributed by atoms with Crippen molar-refractivity contribution in [2.75, 3.05) is 65.9 Å². The number of anilines is 9. The summed E-state index contributed by atoms with van der Waals surface area (Å²) in [5, 5.41) is 33.3. The molecule has 9 N–H and O–H groups in total. The lowest BCUT2D eigenvalue weighted by Crippen LogP contribution is -2.21. The summed E-state index contributed by atoms with van der Waals surface area (Å²) < 4.78 is 108. The molecule has 0 spiro atoms. The van der Waals surface area contributed by atoms with Crippen molar-refractivity contribution >= 4 is 111 Å². The maximum Gasteiger partial charge on any atom is 0.324 e. The van der Waals surface area contributed by atoms with Crippen LogP contribution in [0.5, 0.6) is 17.2 Å². The van der Waals surface area contributed by atoms with Crippen LogP contribution in [0.1, 0.15) is 96.1 Å². The first-order chi connectivity index (χ1) is 65.2. The van der Waals surface area contributed by atoms with E-state index in [-0.39, 0.29) is 30.9 Å². The smallest absolute Gasteiger partial charge is 0.324 e. The number of ether oxygens (including phenoxy) is 3.